The van der Waals surface area contributed by atoms with Crippen LogP contribution in [0.4, 0.5) is 0 Å². The Hall–Kier alpha value is -0.970. The fourth-order valence-electron chi connectivity index (χ4n) is 2.27. The van der Waals surface area contributed by atoms with Crippen LogP contribution in [-0.4, -0.2) is 6.04 Å². The molecular formula is C13H22N2. The van der Waals surface area contributed by atoms with E-state index in [9.17, 15) is 0 Å². The highest BCUT2D eigenvalue weighted by molar-refractivity contribution is 5.26. The number of allylic oxidation sites excluding steroid dienone is 2. The van der Waals surface area contributed by atoms with E-state index in [2.05, 4.69) is 25.2 Å². The minimum atomic E-state index is 0.543. The Balaban J connectivity index is 2.59. The van der Waals surface area contributed by atoms with Crippen LogP contribution < -0.4 is 5.32 Å². The third-order valence-corrected chi connectivity index (χ3v) is 3.27. The Kier molecular flexibility index (Phi) is 5.25. The first-order valence-electron chi connectivity index (χ1n) is 6.20. The maximum absolute atomic E-state index is 9.12. The zero-order valence-corrected chi connectivity index (χ0v) is 9.97. The molecular weight excluding hydrogens is 184 g/mol. The summed E-state index contributed by atoms with van der Waals surface area (Å²) in [5.41, 5.74) is 2.11. The molecule has 0 saturated heterocycles. The molecule has 0 amide bonds. The Morgan fingerprint density at radius 2 is 1.80 bits per heavy atom. The zero-order chi connectivity index (χ0) is 11.1. The molecule has 0 atom stereocenters. The van der Waals surface area contributed by atoms with Gasteiger partial charge in [-0.25, -0.2) is 0 Å². The van der Waals surface area contributed by atoms with Crippen molar-refractivity contribution in [1.82, 2.24) is 5.32 Å². The van der Waals surface area contributed by atoms with E-state index in [0.717, 1.165) is 18.5 Å². The van der Waals surface area contributed by atoms with E-state index < -0.39 is 0 Å². The average molecular weight is 206 g/mol. The average Bonchev–Trinajstić information content (AvgIpc) is 2.30. The second kappa shape index (κ2) is 6.50. The summed E-state index contributed by atoms with van der Waals surface area (Å²) in [7, 11) is 0. The van der Waals surface area contributed by atoms with Gasteiger partial charge in [0.15, 0.2) is 0 Å². The molecule has 0 aromatic heterocycles. The first-order chi connectivity index (χ1) is 7.31. The van der Waals surface area contributed by atoms with Crippen LogP contribution in [0, 0.1) is 11.3 Å². The van der Waals surface area contributed by atoms with Gasteiger partial charge in [0.05, 0.1) is 0 Å². The molecule has 1 aliphatic carbocycles. The van der Waals surface area contributed by atoms with Crippen LogP contribution in [0.5, 0.6) is 0 Å². The van der Waals surface area contributed by atoms with Crippen LogP contribution in [0.3, 0.4) is 0 Å². The summed E-state index contributed by atoms with van der Waals surface area (Å²) in [6.45, 7) is 4.25. The van der Waals surface area contributed by atoms with E-state index in [1.54, 1.807) is 0 Å². The summed E-state index contributed by atoms with van der Waals surface area (Å²) in [6, 6.07) is 2.86. The van der Waals surface area contributed by atoms with Crippen molar-refractivity contribution in [3.63, 3.8) is 0 Å². The smallest absolute Gasteiger partial charge is 0.117 e. The topological polar surface area (TPSA) is 35.8 Å². The highest BCUT2D eigenvalue weighted by Gasteiger charge is 2.14. The lowest BCUT2D eigenvalue weighted by Gasteiger charge is -2.24. The third kappa shape index (κ3) is 3.58. The summed E-state index contributed by atoms with van der Waals surface area (Å²) in [5, 5.41) is 12.5. The van der Waals surface area contributed by atoms with Crippen molar-refractivity contribution in [1.29, 1.82) is 5.26 Å². The number of nitrogens with one attached hydrogen (secondary N) is 1. The van der Waals surface area contributed by atoms with Gasteiger partial charge in [0.25, 0.3) is 0 Å². The molecule has 1 fully saturated rings. The summed E-state index contributed by atoms with van der Waals surface area (Å²) in [6.07, 6.45) is 8.40. The Bertz CT molecular complexity index is 248. The maximum Gasteiger partial charge on any atom is 0.117 e. The van der Waals surface area contributed by atoms with Crippen molar-refractivity contribution < 1.29 is 0 Å². The van der Waals surface area contributed by atoms with Gasteiger partial charge in [0.2, 0.25) is 0 Å². The largest absolute Gasteiger partial charge is 0.374 e. The van der Waals surface area contributed by atoms with Gasteiger partial charge < -0.3 is 5.32 Å². The van der Waals surface area contributed by atoms with Gasteiger partial charge in [-0.1, -0.05) is 33.1 Å². The summed E-state index contributed by atoms with van der Waals surface area (Å²) in [5.74, 6) is 0. The van der Waals surface area contributed by atoms with Crippen molar-refractivity contribution in [3.8, 4) is 6.07 Å². The van der Waals surface area contributed by atoms with Gasteiger partial charge in [0, 0.05) is 6.04 Å². The summed E-state index contributed by atoms with van der Waals surface area (Å²) >= 11 is 0. The van der Waals surface area contributed by atoms with E-state index in [1.165, 1.54) is 37.7 Å². The molecule has 0 aliphatic heterocycles. The summed E-state index contributed by atoms with van der Waals surface area (Å²) < 4.78 is 0. The second-order valence-electron chi connectivity index (χ2n) is 4.28. The molecule has 0 heterocycles. The molecule has 84 valence electrons. The minimum Gasteiger partial charge on any atom is -0.374 e. The minimum absolute atomic E-state index is 0.543. The van der Waals surface area contributed by atoms with Crippen molar-refractivity contribution in [2.24, 2.45) is 0 Å². The molecule has 1 saturated carbocycles. The molecule has 1 N–H and O–H groups in total. The molecule has 0 spiro atoms. The lowest BCUT2D eigenvalue weighted by Crippen LogP contribution is -2.30. The van der Waals surface area contributed by atoms with Gasteiger partial charge in [-0.3, -0.25) is 0 Å². The van der Waals surface area contributed by atoms with Gasteiger partial charge in [-0.2, -0.15) is 5.26 Å². The molecule has 15 heavy (non-hydrogen) atoms. The van der Waals surface area contributed by atoms with Crippen LogP contribution in [0.1, 0.15) is 58.8 Å². The van der Waals surface area contributed by atoms with E-state index in [4.69, 9.17) is 5.26 Å². The first-order valence-corrected chi connectivity index (χ1v) is 6.20. The molecule has 0 aromatic rings. The summed E-state index contributed by atoms with van der Waals surface area (Å²) in [4.78, 5) is 0. The number of nitrogens with zero attached hydrogens (tertiary/aromatic N) is 1. The van der Waals surface area contributed by atoms with Crippen LogP contribution >= 0.6 is 0 Å². The molecule has 2 heteroatoms. The predicted octanol–water partition coefficient (Wildman–Crippen LogP) is 3.51. The SMILES string of the molecule is CCC(CC)=C(C#N)NC1CCCCC1. The van der Waals surface area contributed by atoms with Gasteiger partial charge in [-0.05, 0) is 31.3 Å². The molecule has 1 rings (SSSR count). The molecule has 0 aromatic carbocycles. The van der Waals surface area contributed by atoms with E-state index in [0.29, 0.717) is 6.04 Å². The number of nitriles is 1. The van der Waals surface area contributed by atoms with E-state index >= 15 is 0 Å². The Morgan fingerprint density at radius 1 is 1.20 bits per heavy atom. The van der Waals surface area contributed by atoms with E-state index in [-0.39, 0.29) is 0 Å². The highest BCUT2D eigenvalue weighted by atomic mass is 14.9. The Labute approximate surface area is 93.4 Å². The third-order valence-electron chi connectivity index (χ3n) is 3.27. The predicted molar refractivity (Wildman–Crippen MR) is 63.2 cm³/mol. The molecule has 0 unspecified atom stereocenters. The van der Waals surface area contributed by atoms with Crippen LogP contribution in [0.2, 0.25) is 0 Å². The lowest BCUT2D eigenvalue weighted by molar-refractivity contribution is 0.398. The van der Waals surface area contributed by atoms with E-state index in [1.807, 2.05) is 0 Å². The van der Waals surface area contributed by atoms with Crippen molar-refractivity contribution in [3.05, 3.63) is 11.3 Å². The van der Waals surface area contributed by atoms with Crippen molar-refractivity contribution >= 4 is 0 Å². The maximum atomic E-state index is 9.12. The highest BCUT2D eigenvalue weighted by Crippen LogP contribution is 2.20. The van der Waals surface area contributed by atoms with Crippen molar-refractivity contribution in [2.75, 3.05) is 0 Å². The van der Waals surface area contributed by atoms with Crippen LogP contribution in [0.15, 0.2) is 11.3 Å². The monoisotopic (exact) mass is 206 g/mol. The Morgan fingerprint density at radius 3 is 2.27 bits per heavy atom. The van der Waals surface area contributed by atoms with Crippen LogP contribution in [0.25, 0.3) is 0 Å². The molecule has 0 radical (unpaired) electrons. The van der Waals surface area contributed by atoms with Gasteiger partial charge in [0.1, 0.15) is 11.8 Å². The quantitative estimate of drug-likeness (QED) is 0.714. The second-order valence-corrected chi connectivity index (χ2v) is 4.28. The molecule has 0 bridgehead atoms. The molecule has 2 nitrogen and oxygen atoms in total. The number of hydrogen-bond acceptors (Lipinski definition) is 2. The fraction of sp³-hybridized carbons (Fsp3) is 0.769. The van der Waals surface area contributed by atoms with Gasteiger partial charge >= 0.3 is 0 Å². The number of hydrogen-bond donors (Lipinski definition) is 1. The fourth-order valence-corrected chi connectivity index (χ4v) is 2.27. The molecule has 1 aliphatic rings. The van der Waals surface area contributed by atoms with Gasteiger partial charge in [-0.15, -0.1) is 0 Å². The zero-order valence-electron chi connectivity index (χ0n) is 9.97. The van der Waals surface area contributed by atoms with Crippen molar-refractivity contribution in [2.45, 2.75) is 64.8 Å². The van der Waals surface area contributed by atoms with Crippen LogP contribution in [-0.2, 0) is 0 Å². The lowest BCUT2D eigenvalue weighted by atomic mass is 9.95. The number of rotatable bonds is 4. The normalized spacial score (nSPS) is 16.9. The standard InChI is InChI=1S/C13H22N2/c1-3-11(4-2)13(10-14)15-12-8-6-5-7-9-12/h12,15H,3-9H2,1-2H3. The first kappa shape index (κ1) is 12.1.